The van der Waals surface area contributed by atoms with Crippen molar-refractivity contribution >= 4 is 57.1 Å². The van der Waals surface area contributed by atoms with E-state index in [9.17, 15) is 14.4 Å². The van der Waals surface area contributed by atoms with Gasteiger partial charge in [0, 0.05) is 15.1 Å². The van der Waals surface area contributed by atoms with Crippen LogP contribution in [0.15, 0.2) is 52.5 Å². The number of anilines is 1. The number of imide groups is 2. The zero-order valence-electron chi connectivity index (χ0n) is 13.5. The lowest BCUT2D eigenvalue weighted by Gasteiger charge is -2.26. The number of carbonyl (C=O) groups is 3. The van der Waals surface area contributed by atoms with Crippen LogP contribution in [0.1, 0.15) is 5.56 Å². The Morgan fingerprint density at radius 3 is 2.62 bits per heavy atom. The van der Waals surface area contributed by atoms with Gasteiger partial charge in [0.1, 0.15) is 11.3 Å². The minimum atomic E-state index is -0.833. The van der Waals surface area contributed by atoms with E-state index >= 15 is 0 Å². The van der Waals surface area contributed by atoms with Crippen LogP contribution >= 0.6 is 27.5 Å². The van der Waals surface area contributed by atoms with E-state index in [4.69, 9.17) is 16.3 Å². The van der Waals surface area contributed by atoms with Crippen LogP contribution in [-0.4, -0.2) is 25.0 Å². The molecule has 1 heterocycles. The summed E-state index contributed by atoms with van der Waals surface area (Å²) in [6, 6.07) is 10.6. The molecule has 8 heteroatoms. The molecule has 0 bridgehead atoms. The number of benzene rings is 2. The van der Waals surface area contributed by atoms with E-state index in [1.165, 1.54) is 19.3 Å². The molecule has 6 nitrogen and oxygen atoms in total. The lowest BCUT2D eigenvalue weighted by Crippen LogP contribution is -2.54. The maximum absolute atomic E-state index is 12.8. The highest BCUT2D eigenvalue weighted by Crippen LogP contribution is 2.28. The molecule has 1 saturated heterocycles. The first-order chi connectivity index (χ1) is 12.4. The second-order valence-electron chi connectivity index (χ2n) is 5.32. The topological polar surface area (TPSA) is 75.7 Å². The standard InChI is InChI=1S/C18H12BrClN2O4/c1-26-15-6-5-11(19)7-10(15)8-14-16(23)21-18(25)22(17(14)24)13-4-2-3-12(20)9-13/h2-9H,1H3,(H,21,23,25)/b14-8+. The van der Waals surface area contributed by atoms with E-state index in [0.717, 1.165) is 9.37 Å². The number of halogens is 2. The molecule has 26 heavy (non-hydrogen) atoms. The van der Waals surface area contributed by atoms with Crippen molar-refractivity contribution < 1.29 is 19.1 Å². The number of rotatable bonds is 3. The van der Waals surface area contributed by atoms with E-state index < -0.39 is 17.8 Å². The number of hydrogen-bond acceptors (Lipinski definition) is 4. The maximum Gasteiger partial charge on any atom is 0.335 e. The maximum atomic E-state index is 12.8. The van der Waals surface area contributed by atoms with E-state index in [0.29, 0.717) is 16.3 Å². The fourth-order valence-electron chi connectivity index (χ4n) is 2.48. The van der Waals surface area contributed by atoms with E-state index in [1.54, 1.807) is 36.4 Å². The summed E-state index contributed by atoms with van der Waals surface area (Å²) in [4.78, 5) is 38.1. The molecule has 2 aromatic rings. The highest BCUT2D eigenvalue weighted by molar-refractivity contribution is 9.10. The van der Waals surface area contributed by atoms with Gasteiger partial charge in [0.05, 0.1) is 12.8 Å². The normalized spacial score (nSPS) is 16.0. The van der Waals surface area contributed by atoms with Crippen molar-refractivity contribution in [3.63, 3.8) is 0 Å². The summed E-state index contributed by atoms with van der Waals surface area (Å²) in [6.07, 6.45) is 1.38. The summed E-state index contributed by atoms with van der Waals surface area (Å²) in [5.41, 5.74) is 0.585. The van der Waals surface area contributed by atoms with E-state index in [2.05, 4.69) is 21.2 Å². The summed E-state index contributed by atoms with van der Waals surface area (Å²) < 4.78 is 6.00. The molecule has 1 fully saturated rings. The fraction of sp³-hybridized carbons (Fsp3) is 0.0556. The molecular formula is C18H12BrClN2O4. The number of methoxy groups -OCH3 is 1. The van der Waals surface area contributed by atoms with Crippen LogP contribution in [0.4, 0.5) is 10.5 Å². The molecule has 0 atom stereocenters. The Hall–Kier alpha value is -2.64. The van der Waals surface area contributed by atoms with Crippen LogP contribution in [0.2, 0.25) is 5.02 Å². The number of urea groups is 1. The third kappa shape index (κ3) is 3.49. The smallest absolute Gasteiger partial charge is 0.335 e. The molecule has 1 aliphatic rings. The number of barbiturate groups is 1. The molecule has 0 spiro atoms. The van der Waals surface area contributed by atoms with Gasteiger partial charge >= 0.3 is 6.03 Å². The third-order valence-corrected chi connectivity index (χ3v) is 4.39. The number of nitrogens with zero attached hydrogens (tertiary/aromatic N) is 1. The third-order valence-electron chi connectivity index (χ3n) is 3.66. The van der Waals surface area contributed by atoms with Crippen LogP contribution in [0, 0.1) is 0 Å². The molecule has 3 rings (SSSR count). The van der Waals surface area contributed by atoms with Crippen LogP contribution in [0.5, 0.6) is 5.75 Å². The Bertz CT molecular complexity index is 958. The Labute approximate surface area is 162 Å². The number of nitrogens with one attached hydrogen (secondary N) is 1. The minimum absolute atomic E-state index is 0.194. The predicted octanol–water partition coefficient (Wildman–Crippen LogP) is 3.78. The zero-order valence-corrected chi connectivity index (χ0v) is 15.8. The Morgan fingerprint density at radius 2 is 1.92 bits per heavy atom. The average Bonchev–Trinajstić information content (AvgIpc) is 2.58. The number of hydrogen-bond donors (Lipinski definition) is 1. The Balaban J connectivity index is 2.07. The lowest BCUT2D eigenvalue weighted by molar-refractivity contribution is -0.122. The van der Waals surface area contributed by atoms with Crippen LogP contribution in [0.3, 0.4) is 0 Å². The molecule has 0 aliphatic carbocycles. The number of amides is 4. The Kier molecular flexibility index (Phi) is 5.11. The van der Waals surface area contributed by atoms with Crippen molar-refractivity contribution in [3.05, 3.63) is 63.1 Å². The minimum Gasteiger partial charge on any atom is -0.496 e. The summed E-state index contributed by atoms with van der Waals surface area (Å²) in [5.74, 6) is -1.05. The summed E-state index contributed by atoms with van der Waals surface area (Å²) in [5, 5.41) is 2.52. The van der Waals surface area contributed by atoms with Gasteiger partial charge in [0.25, 0.3) is 11.8 Å². The highest BCUT2D eigenvalue weighted by Gasteiger charge is 2.37. The van der Waals surface area contributed by atoms with Gasteiger partial charge in [-0.1, -0.05) is 33.6 Å². The van der Waals surface area contributed by atoms with Crippen molar-refractivity contribution in [1.82, 2.24) is 5.32 Å². The van der Waals surface area contributed by atoms with Gasteiger partial charge in [0.15, 0.2) is 0 Å². The summed E-state index contributed by atoms with van der Waals surface area (Å²) >= 11 is 9.28. The van der Waals surface area contributed by atoms with Gasteiger partial charge in [-0.05, 0) is 42.5 Å². The summed E-state index contributed by atoms with van der Waals surface area (Å²) in [6.45, 7) is 0. The van der Waals surface area contributed by atoms with Crippen molar-refractivity contribution in [2.45, 2.75) is 0 Å². The van der Waals surface area contributed by atoms with Crippen molar-refractivity contribution in [2.24, 2.45) is 0 Å². The molecule has 2 aromatic carbocycles. The van der Waals surface area contributed by atoms with Crippen molar-refractivity contribution in [3.8, 4) is 5.75 Å². The second kappa shape index (κ2) is 7.31. The molecule has 1 N–H and O–H groups in total. The van der Waals surface area contributed by atoms with Gasteiger partial charge in [-0.15, -0.1) is 0 Å². The zero-order chi connectivity index (χ0) is 18.8. The van der Waals surface area contributed by atoms with Gasteiger partial charge < -0.3 is 4.74 Å². The first kappa shape index (κ1) is 18.2. The quantitative estimate of drug-likeness (QED) is 0.588. The molecule has 0 unspecified atom stereocenters. The first-order valence-corrected chi connectivity index (χ1v) is 8.58. The number of carbonyl (C=O) groups excluding carboxylic acids is 3. The van der Waals surface area contributed by atoms with Crippen LogP contribution in [-0.2, 0) is 9.59 Å². The van der Waals surface area contributed by atoms with Gasteiger partial charge in [-0.25, -0.2) is 9.69 Å². The Morgan fingerprint density at radius 1 is 1.15 bits per heavy atom. The lowest BCUT2D eigenvalue weighted by atomic mass is 10.1. The van der Waals surface area contributed by atoms with Crippen molar-refractivity contribution in [1.29, 1.82) is 0 Å². The summed E-state index contributed by atoms with van der Waals surface area (Å²) in [7, 11) is 1.48. The highest BCUT2D eigenvalue weighted by atomic mass is 79.9. The van der Waals surface area contributed by atoms with E-state index in [1.807, 2.05) is 0 Å². The van der Waals surface area contributed by atoms with Gasteiger partial charge in [-0.2, -0.15) is 0 Å². The van der Waals surface area contributed by atoms with Gasteiger partial charge in [0.2, 0.25) is 0 Å². The molecule has 0 saturated carbocycles. The molecule has 0 aromatic heterocycles. The SMILES string of the molecule is COc1ccc(Br)cc1/C=C1\C(=O)NC(=O)N(c2cccc(Cl)c2)C1=O. The van der Waals surface area contributed by atoms with Crippen LogP contribution < -0.4 is 15.0 Å². The molecule has 4 amide bonds. The second-order valence-corrected chi connectivity index (χ2v) is 6.68. The average molecular weight is 436 g/mol. The molecule has 132 valence electrons. The van der Waals surface area contributed by atoms with Gasteiger partial charge in [-0.3, -0.25) is 14.9 Å². The largest absolute Gasteiger partial charge is 0.496 e. The molecule has 1 aliphatic heterocycles. The first-order valence-electron chi connectivity index (χ1n) is 7.41. The monoisotopic (exact) mass is 434 g/mol. The van der Waals surface area contributed by atoms with Crippen LogP contribution in [0.25, 0.3) is 6.08 Å². The predicted molar refractivity (Wildman–Crippen MR) is 101 cm³/mol. The fourth-order valence-corrected chi connectivity index (χ4v) is 3.04. The number of ether oxygens (including phenoxy) is 1. The van der Waals surface area contributed by atoms with Crippen molar-refractivity contribution in [2.75, 3.05) is 12.0 Å². The van der Waals surface area contributed by atoms with E-state index in [-0.39, 0.29) is 11.3 Å². The molecular weight excluding hydrogens is 424 g/mol. The molecule has 0 radical (unpaired) electrons.